The van der Waals surface area contributed by atoms with Crippen LogP contribution in [0.25, 0.3) is 22.3 Å². The van der Waals surface area contributed by atoms with E-state index in [1.165, 1.54) is 6.33 Å². The van der Waals surface area contributed by atoms with Gasteiger partial charge in [0.25, 0.3) is 0 Å². The number of nitrogens with two attached hydrogens (primary N) is 2. The van der Waals surface area contributed by atoms with Gasteiger partial charge in [-0.05, 0) is 18.2 Å². The molecule has 0 aliphatic carbocycles. The molecule has 0 aliphatic heterocycles. The van der Waals surface area contributed by atoms with Crippen molar-refractivity contribution in [2.24, 2.45) is 0 Å². The number of aromatic nitrogens is 8. The van der Waals surface area contributed by atoms with Crippen molar-refractivity contribution in [1.82, 2.24) is 39.9 Å². The summed E-state index contributed by atoms with van der Waals surface area (Å²) >= 11 is 0. The molecule has 4 heterocycles. The molecular weight excluding hydrogens is 400 g/mol. The zero-order valence-electron chi connectivity index (χ0n) is 16.8. The zero-order valence-corrected chi connectivity index (χ0v) is 16.8. The standard InChI is InChI=1S/C14H16N6O2.C5H4N4/c1-21-8-3-4-9(22-2)7(5-8)6-10-17-11-12(15)19-14(16)20-13(11)18-10;1-4-5(8-2-6-1)9-3-7-4/h3-5H,6H2,1-2H3,(H5,15,16,17,18,19,20);1-3H,(H,6,7,8,9). The summed E-state index contributed by atoms with van der Waals surface area (Å²) in [5.74, 6) is 2.55. The molecule has 0 amide bonds. The Morgan fingerprint density at radius 2 is 1.87 bits per heavy atom. The normalized spacial score (nSPS) is 10.6. The number of ether oxygens (including phenoxy) is 2. The Kier molecular flexibility index (Phi) is 5.43. The van der Waals surface area contributed by atoms with E-state index in [1.807, 2.05) is 18.2 Å². The van der Waals surface area contributed by atoms with Gasteiger partial charge in [0.05, 0.1) is 26.7 Å². The summed E-state index contributed by atoms with van der Waals surface area (Å²) in [4.78, 5) is 30.0. The quantitative estimate of drug-likeness (QED) is 0.332. The maximum Gasteiger partial charge on any atom is 0.224 e. The summed E-state index contributed by atoms with van der Waals surface area (Å²) in [5, 5.41) is 0. The van der Waals surface area contributed by atoms with Crippen LogP contribution in [0, 0.1) is 0 Å². The molecule has 6 N–H and O–H groups in total. The first-order valence-electron chi connectivity index (χ1n) is 9.15. The molecule has 31 heavy (non-hydrogen) atoms. The molecule has 0 saturated carbocycles. The van der Waals surface area contributed by atoms with Gasteiger partial charge in [0.2, 0.25) is 5.95 Å². The minimum Gasteiger partial charge on any atom is -0.497 e. The van der Waals surface area contributed by atoms with E-state index in [-0.39, 0.29) is 11.8 Å². The molecule has 0 atom stereocenters. The second-order valence-corrected chi connectivity index (χ2v) is 6.36. The molecule has 0 aliphatic rings. The lowest BCUT2D eigenvalue weighted by Gasteiger charge is -2.09. The number of methoxy groups -OCH3 is 2. The number of anilines is 2. The van der Waals surface area contributed by atoms with Crippen LogP contribution >= 0.6 is 0 Å². The van der Waals surface area contributed by atoms with Gasteiger partial charge in [-0.2, -0.15) is 9.97 Å². The molecule has 5 aromatic rings. The minimum atomic E-state index is 0.110. The smallest absolute Gasteiger partial charge is 0.224 e. The summed E-state index contributed by atoms with van der Waals surface area (Å²) in [6.07, 6.45) is 5.26. The largest absolute Gasteiger partial charge is 0.497 e. The van der Waals surface area contributed by atoms with Crippen LogP contribution in [0.5, 0.6) is 11.5 Å². The van der Waals surface area contributed by atoms with Crippen LogP contribution in [0.1, 0.15) is 11.4 Å². The third kappa shape index (κ3) is 4.27. The Bertz CT molecular complexity index is 1300. The average molecular weight is 420 g/mol. The molecule has 5 rings (SSSR count). The molecule has 0 spiro atoms. The molecule has 0 radical (unpaired) electrons. The number of nitrogens with one attached hydrogen (secondary N) is 2. The number of hydrogen-bond donors (Lipinski definition) is 4. The van der Waals surface area contributed by atoms with Crippen molar-refractivity contribution in [2.75, 3.05) is 25.7 Å². The molecule has 1 aromatic carbocycles. The lowest BCUT2D eigenvalue weighted by molar-refractivity contribution is 0.399. The van der Waals surface area contributed by atoms with E-state index < -0.39 is 0 Å². The van der Waals surface area contributed by atoms with Crippen LogP contribution in [0.2, 0.25) is 0 Å². The summed E-state index contributed by atoms with van der Waals surface area (Å²) in [6.45, 7) is 0. The van der Waals surface area contributed by atoms with E-state index >= 15 is 0 Å². The number of fused-ring (bicyclic) bond motifs is 2. The SMILES string of the molecule is COc1ccc(OC)c(Cc2nc3c(N)nc(N)nc3[nH]2)c1.c1ncc2nc[nH]c2n1. The Labute approximate surface area is 176 Å². The van der Waals surface area contributed by atoms with Gasteiger partial charge >= 0.3 is 0 Å². The van der Waals surface area contributed by atoms with Crippen LogP contribution < -0.4 is 20.9 Å². The fourth-order valence-corrected chi connectivity index (χ4v) is 2.96. The molecule has 0 saturated heterocycles. The van der Waals surface area contributed by atoms with Crippen LogP contribution in [0.15, 0.2) is 37.1 Å². The number of benzene rings is 1. The summed E-state index contributed by atoms with van der Waals surface area (Å²) in [6, 6.07) is 5.59. The van der Waals surface area contributed by atoms with Crippen molar-refractivity contribution in [2.45, 2.75) is 6.42 Å². The van der Waals surface area contributed by atoms with Gasteiger partial charge in [-0.25, -0.2) is 19.9 Å². The summed E-state index contributed by atoms with van der Waals surface area (Å²) in [7, 11) is 3.24. The van der Waals surface area contributed by atoms with E-state index in [2.05, 4.69) is 39.9 Å². The maximum atomic E-state index is 5.81. The summed E-state index contributed by atoms with van der Waals surface area (Å²) < 4.78 is 10.6. The van der Waals surface area contributed by atoms with Crippen molar-refractivity contribution in [3.8, 4) is 11.5 Å². The van der Waals surface area contributed by atoms with E-state index in [9.17, 15) is 0 Å². The Morgan fingerprint density at radius 3 is 2.65 bits per heavy atom. The van der Waals surface area contributed by atoms with E-state index in [4.69, 9.17) is 20.9 Å². The fraction of sp³-hybridized carbons (Fsp3) is 0.158. The molecular formula is C19H20N10O2. The highest BCUT2D eigenvalue weighted by atomic mass is 16.5. The maximum absolute atomic E-state index is 5.81. The van der Waals surface area contributed by atoms with Gasteiger partial charge in [0, 0.05) is 12.0 Å². The molecule has 0 unspecified atom stereocenters. The second kappa shape index (κ2) is 8.49. The van der Waals surface area contributed by atoms with Crippen molar-refractivity contribution in [3.05, 3.63) is 48.4 Å². The number of nitrogen functional groups attached to an aromatic ring is 2. The number of imidazole rings is 2. The van der Waals surface area contributed by atoms with Crippen LogP contribution in [0.3, 0.4) is 0 Å². The van der Waals surface area contributed by atoms with Gasteiger partial charge < -0.3 is 30.9 Å². The van der Waals surface area contributed by atoms with Gasteiger partial charge in [-0.3, -0.25) is 0 Å². The second-order valence-electron chi connectivity index (χ2n) is 6.36. The van der Waals surface area contributed by atoms with Crippen molar-refractivity contribution >= 4 is 34.1 Å². The fourth-order valence-electron chi connectivity index (χ4n) is 2.96. The van der Waals surface area contributed by atoms with Crippen LogP contribution in [-0.2, 0) is 6.42 Å². The predicted molar refractivity (Wildman–Crippen MR) is 115 cm³/mol. The third-order valence-corrected chi connectivity index (χ3v) is 4.38. The van der Waals surface area contributed by atoms with Crippen molar-refractivity contribution < 1.29 is 9.47 Å². The monoisotopic (exact) mass is 420 g/mol. The Morgan fingerprint density at radius 1 is 1.00 bits per heavy atom. The van der Waals surface area contributed by atoms with Crippen molar-refractivity contribution in [3.63, 3.8) is 0 Å². The van der Waals surface area contributed by atoms with Gasteiger partial charge in [-0.1, -0.05) is 0 Å². The number of nitrogens with zero attached hydrogens (tertiary/aromatic N) is 6. The molecule has 0 bridgehead atoms. The topological polar surface area (TPSA) is 179 Å². The highest BCUT2D eigenvalue weighted by molar-refractivity contribution is 5.82. The number of rotatable bonds is 4. The van der Waals surface area contributed by atoms with E-state index in [0.717, 1.165) is 28.2 Å². The third-order valence-electron chi connectivity index (χ3n) is 4.38. The molecule has 12 nitrogen and oxygen atoms in total. The number of hydrogen-bond acceptors (Lipinski definition) is 10. The Balaban J connectivity index is 0.000000212. The van der Waals surface area contributed by atoms with Gasteiger partial charge in [0.1, 0.15) is 29.2 Å². The van der Waals surface area contributed by atoms with E-state index in [0.29, 0.717) is 23.4 Å². The molecule has 0 fully saturated rings. The van der Waals surface area contributed by atoms with E-state index in [1.54, 1.807) is 26.7 Å². The highest BCUT2D eigenvalue weighted by Gasteiger charge is 2.12. The summed E-state index contributed by atoms with van der Waals surface area (Å²) in [5.41, 5.74) is 14.9. The first-order valence-corrected chi connectivity index (χ1v) is 9.15. The Hall–Kier alpha value is -4.48. The average Bonchev–Trinajstić information content (AvgIpc) is 3.41. The van der Waals surface area contributed by atoms with Crippen LogP contribution in [-0.4, -0.2) is 54.1 Å². The number of H-pyrrole nitrogens is 2. The number of aromatic amines is 2. The molecule has 12 heteroatoms. The lowest BCUT2D eigenvalue weighted by Crippen LogP contribution is -1.99. The predicted octanol–water partition coefficient (Wildman–Crippen LogP) is 1.48. The first kappa shape index (κ1) is 19.8. The first-order chi connectivity index (χ1) is 15.1. The highest BCUT2D eigenvalue weighted by Crippen LogP contribution is 2.26. The molecule has 158 valence electrons. The minimum absolute atomic E-state index is 0.110. The lowest BCUT2D eigenvalue weighted by atomic mass is 10.1. The molecule has 4 aromatic heterocycles. The zero-order chi connectivity index (χ0) is 21.8. The van der Waals surface area contributed by atoms with Gasteiger partial charge in [0.15, 0.2) is 22.6 Å². The van der Waals surface area contributed by atoms with Crippen LogP contribution in [0.4, 0.5) is 11.8 Å². The van der Waals surface area contributed by atoms with Gasteiger partial charge in [-0.15, -0.1) is 0 Å². The van der Waals surface area contributed by atoms with Crippen molar-refractivity contribution in [1.29, 1.82) is 0 Å².